The normalized spacial score (nSPS) is 12.5. The zero-order valence-electron chi connectivity index (χ0n) is 17.3. The number of carbonyl (C=O) groups excluding carboxylic acids is 2. The highest BCUT2D eigenvalue weighted by atomic mass is 28.3. The van der Waals surface area contributed by atoms with Crippen LogP contribution in [0.15, 0.2) is 48.5 Å². The summed E-state index contributed by atoms with van der Waals surface area (Å²) in [6.45, 7) is 11.9. The standard InChI is InChI=1S/C22H28O5Si/c1-15(23)25-19-13-8-7-12-18(19)21(24)26-17-11-9-10-16(14-17)20(22(2,3)4)27-28(5)6/h7-14,20,28H,1-6H3. The Morgan fingerprint density at radius 3 is 2.25 bits per heavy atom. The van der Waals surface area contributed by atoms with Crippen molar-refractivity contribution in [3.8, 4) is 11.5 Å². The Bertz CT molecular complexity index is 839. The van der Waals surface area contributed by atoms with Gasteiger partial charge in [-0.1, -0.05) is 45.0 Å². The third-order valence-electron chi connectivity index (χ3n) is 3.93. The lowest BCUT2D eigenvalue weighted by molar-refractivity contribution is -0.131. The fourth-order valence-electron chi connectivity index (χ4n) is 2.84. The van der Waals surface area contributed by atoms with Crippen LogP contribution in [0.25, 0.3) is 0 Å². The number of hydrogen-bond acceptors (Lipinski definition) is 5. The number of rotatable bonds is 6. The average Bonchev–Trinajstić information content (AvgIpc) is 2.58. The van der Waals surface area contributed by atoms with Gasteiger partial charge in [-0.05, 0) is 48.3 Å². The van der Waals surface area contributed by atoms with Crippen LogP contribution in [0.5, 0.6) is 11.5 Å². The third kappa shape index (κ3) is 6.04. The molecule has 0 aliphatic carbocycles. The Kier molecular flexibility index (Phi) is 7.15. The highest BCUT2D eigenvalue weighted by molar-refractivity contribution is 6.48. The fourth-order valence-corrected chi connectivity index (χ4v) is 3.95. The molecule has 2 rings (SSSR count). The van der Waals surface area contributed by atoms with E-state index in [0.29, 0.717) is 5.75 Å². The van der Waals surface area contributed by atoms with E-state index < -0.39 is 21.0 Å². The van der Waals surface area contributed by atoms with Crippen LogP contribution in [0.3, 0.4) is 0 Å². The summed E-state index contributed by atoms with van der Waals surface area (Å²) in [7, 11) is -1.27. The van der Waals surface area contributed by atoms with E-state index in [9.17, 15) is 9.59 Å². The lowest BCUT2D eigenvalue weighted by Crippen LogP contribution is -2.26. The van der Waals surface area contributed by atoms with Gasteiger partial charge in [0.25, 0.3) is 0 Å². The Morgan fingerprint density at radius 1 is 0.964 bits per heavy atom. The number of ether oxygens (including phenoxy) is 2. The smallest absolute Gasteiger partial charge is 0.347 e. The van der Waals surface area contributed by atoms with Crippen molar-refractivity contribution in [2.75, 3.05) is 0 Å². The Labute approximate surface area is 168 Å². The van der Waals surface area contributed by atoms with Gasteiger partial charge in [-0.15, -0.1) is 0 Å². The topological polar surface area (TPSA) is 61.8 Å². The van der Waals surface area contributed by atoms with E-state index in [1.807, 2.05) is 18.2 Å². The van der Waals surface area contributed by atoms with Gasteiger partial charge in [0.2, 0.25) is 0 Å². The maximum absolute atomic E-state index is 12.6. The minimum absolute atomic E-state index is 0.0915. The summed E-state index contributed by atoms with van der Waals surface area (Å²) < 4.78 is 16.9. The molecular formula is C22H28O5Si. The zero-order chi connectivity index (χ0) is 20.9. The molecule has 0 aliphatic rings. The van der Waals surface area contributed by atoms with Crippen molar-refractivity contribution in [1.29, 1.82) is 0 Å². The van der Waals surface area contributed by atoms with E-state index in [-0.39, 0.29) is 22.8 Å². The minimum atomic E-state index is -1.27. The van der Waals surface area contributed by atoms with Crippen molar-refractivity contribution in [2.24, 2.45) is 5.41 Å². The summed E-state index contributed by atoms with van der Waals surface area (Å²) >= 11 is 0. The van der Waals surface area contributed by atoms with E-state index in [4.69, 9.17) is 13.9 Å². The summed E-state index contributed by atoms with van der Waals surface area (Å²) in [5.74, 6) is -0.480. The molecule has 6 heteroatoms. The molecule has 2 aromatic rings. The number of para-hydroxylation sites is 1. The van der Waals surface area contributed by atoms with Crippen LogP contribution in [-0.4, -0.2) is 21.0 Å². The molecule has 28 heavy (non-hydrogen) atoms. The van der Waals surface area contributed by atoms with Crippen molar-refractivity contribution in [3.05, 3.63) is 59.7 Å². The number of esters is 2. The van der Waals surface area contributed by atoms with E-state index in [2.05, 4.69) is 33.9 Å². The van der Waals surface area contributed by atoms with Crippen LogP contribution in [0.4, 0.5) is 0 Å². The second-order valence-corrected chi connectivity index (χ2v) is 10.4. The number of carbonyl (C=O) groups is 2. The molecule has 0 aromatic heterocycles. The van der Waals surface area contributed by atoms with Gasteiger partial charge in [0.05, 0.1) is 6.10 Å². The molecule has 0 heterocycles. The second kappa shape index (κ2) is 9.17. The van der Waals surface area contributed by atoms with Gasteiger partial charge < -0.3 is 13.9 Å². The van der Waals surface area contributed by atoms with Crippen LogP contribution in [0.2, 0.25) is 13.1 Å². The fraction of sp³-hybridized carbons (Fsp3) is 0.364. The van der Waals surface area contributed by atoms with Crippen molar-refractivity contribution in [2.45, 2.75) is 46.9 Å². The summed E-state index contributed by atoms with van der Waals surface area (Å²) in [6.07, 6.45) is -0.0915. The van der Waals surface area contributed by atoms with Gasteiger partial charge in [-0.3, -0.25) is 4.79 Å². The molecular weight excluding hydrogens is 372 g/mol. The number of benzene rings is 2. The van der Waals surface area contributed by atoms with Gasteiger partial charge >= 0.3 is 11.9 Å². The van der Waals surface area contributed by atoms with Crippen LogP contribution >= 0.6 is 0 Å². The first-order valence-corrected chi connectivity index (χ1v) is 12.1. The molecule has 0 spiro atoms. The molecule has 1 unspecified atom stereocenters. The van der Waals surface area contributed by atoms with Crippen LogP contribution in [-0.2, 0) is 9.22 Å². The second-order valence-electron chi connectivity index (χ2n) is 7.98. The summed E-state index contributed by atoms with van der Waals surface area (Å²) in [5, 5.41) is 0. The summed E-state index contributed by atoms with van der Waals surface area (Å²) in [5.41, 5.74) is 1.07. The predicted octanol–water partition coefficient (Wildman–Crippen LogP) is 4.92. The highest BCUT2D eigenvalue weighted by Crippen LogP contribution is 2.37. The molecule has 0 saturated carbocycles. The first kappa shape index (κ1) is 21.9. The first-order valence-electron chi connectivity index (χ1n) is 9.33. The minimum Gasteiger partial charge on any atom is -0.426 e. The molecule has 5 nitrogen and oxygen atoms in total. The number of hydrogen-bond donors (Lipinski definition) is 0. The molecule has 0 fully saturated rings. The quantitative estimate of drug-likeness (QED) is 0.391. The zero-order valence-corrected chi connectivity index (χ0v) is 18.5. The maximum Gasteiger partial charge on any atom is 0.347 e. The molecule has 1 atom stereocenters. The van der Waals surface area contributed by atoms with Crippen molar-refractivity contribution >= 4 is 21.0 Å². The van der Waals surface area contributed by atoms with Gasteiger partial charge in [-0.25, -0.2) is 4.79 Å². The average molecular weight is 401 g/mol. The third-order valence-corrected chi connectivity index (χ3v) is 4.74. The molecule has 0 N–H and O–H groups in total. The van der Waals surface area contributed by atoms with Crippen LogP contribution < -0.4 is 9.47 Å². The Morgan fingerprint density at radius 2 is 1.64 bits per heavy atom. The molecule has 0 amide bonds. The van der Waals surface area contributed by atoms with Crippen LogP contribution in [0.1, 0.15) is 49.7 Å². The largest absolute Gasteiger partial charge is 0.426 e. The highest BCUT2D eigenvalue weighted by Gasteiger charge is 2.28. The molecule has 0 saturated heterocycles. The van der Waals surface area contributed by atoms with Crippen molar-refractivity contribution in [3.63, 3.8) is 0 Å². The molecule has 0 bridgehead atoms. The summed E-state index contributed by atoms with van der Waals surface area (Å²) in [6, 6.07) is 13.9. The molecule has 2 aromatic carbocycles. The molecule has 0 aliphatic heterocycles. The van der Waals surface area contributed by atoms with Gasteiger partial charge in [0.15, 0.2) is 9.04 Å². The summed E-state index contributed by atoms with van der Waals surface area (Å²) in [4.78, 5) is 23.9. The Hall–Kier alpha value is -2.44. The maximum atomic E-state index is 12.6. The van der Waals surface area contributed by atoms with Crippen molar-refractivity contribution in [1.82, 2.24) is 0 Å². The lowest BCUT2D eigenvalue weighted by Gasteiger charge is -2.33. The monoisotopic (exact) mass is 400 g/mol. The van der Waals surface area contributed by atoms with E-state index in [1.54, 1.807) is 30.3 Å². The predicted molar refractivity (Wildman–Crippen MR) is 111 cm³/mol. The first-order chi connectivity index (χ1) is 13.1. The lowest BCUT2D eigenvalue weighted by atomic mass is 9.85. The van der Waals surface area contributed by atoms with Gasteiger partial charge in [-0.2, -0.15) is 0 Å². The van der Waals surface area contributed by atoms with E-state index in [0.717, 1.165) is 5.56 Å². The SMILES string of the molecule is CC(=O)Oc1ccccc1C(=O)Oc1cccc(C(O[SiH](C)C)C(C)(C)C)c1. The molecule has 0 radical (unpaired) electrons. The van der Waals surface area contributed by atoms with Crippen molar-refractivity contribution < 1.29 is 23.5 Å². The Balaban J connectivity index is 2.28. The van der Waals surface area contributed by atoms with Gasteiger partial charge in [0.1, 0.15) is 17.1 Å². The van der Waals surface area contributed by atoms with Gasteiger partial charge in [0, 0.05) is 6.92 Å². The van der Waals surface area contributed by atoms with E-state index in [1.165, 1.54) is 6.92 Å². The molecule has 150 valence electrons. The van der Waals surface area contributed by atoms with E-state index >= 15 is 0 Å². The van der Waals surface area contributed by atoms with Crippen LogP contribution in [0, 0.1) is 5.41 Å².